The second-order valence-electron chi connectivity index (χ2n) is 4.16. The van der Waals surface area contributed by atoms with E-state index in [1.807, 2.05) is 0 Å². The molecule has 0 aromatic carbocycles. The van der Waals surface area contributed by atoms with Crippen LogP contribution in [0.15, 0.2) is 0 Å². The molecule has 0 unspecified atom stereocenters. The van der Waals surface area contributed by atoms with Crippen LogP contribution in [0.4, 0.5) is 0 Å². The highest BCUT2D eigenvalue weighted by molar-refractivity contribution is 5.77. The normalized spacial score (nSPS) is 10.0. The quantitative estimate of drug-likeness (QED) is 0.490. The van der Waals surface area contributed by atoms with E-state index < -0.39 is 0 Å². The average molecular weight is 243 g/mol. The minimum atomic E-state index is -0.0830. The third-order valence-corrected chi connectivity index (χ3v) is 2.49. The number of hydrogen-bond donors (Lipinski definition) is 3. The van der Waals surface area contributed by atoms with Crippen LogP contribution in [0, 0.1) is 0 Å². The topological polar surface area (TPSA) is 84.2 Å². The van der Waals surface area contributed by atoms with Crippen LogP contribution in [0.3, 0.4) is 0 Å². The van der Waals surface area contributed by atoms with E-state index in [9.17, 15) is 9.59 Å². The Bertz CT molecular complexity index is 220. The Morgan fingerprint density at radius 1 is 0.882 bits per heavy atom. The van der Waals surface area contributed by atoms with Gasteiger partial charge in [0, 0.05) is 20.0 Å². The van der Waals surface area contributed by atoms with Crippen molar-refractivity contribution in [3.05, 3.63) is 0 Å². The Hall–Kier alpha value is -1.10. The van der Waals surface area contributed by atoms with Crippen molar-refractivity contribution in [1.82, 2.24) is 10.6 Å². The molecule has 5 heteroatoms. The molecule has 0 bridgehead atoms. The molecule has 0 fully saturated rings. The molecule has 0 saturated carbocycles. The second kappa shape index (κ2) is 11.4. The standard InChI is InChI=1S/C12H25N3O2/c1-11(16)14-8-6-4-2-3-5-7-9-15-12(17)10-13/h2-10,13H2,1H3,(H,14,16)(H,15,17). The minimum absolute atomic E-state index is 0.0423. The first-order valence-electron chi connectivity index (χ1n) is 6.38. The minimum Gasteiger partial charge on any atom is -0.356 e. The van der Waals surface area contributed by atoms with E-state index in [0.29, 0.717) is 0 Å². The van der Waals surface area contributed by atoms with Crippen molar-refractivity contribution in [3.8, 4) is 0 Å². The summed E-state index contributed by atoms with van der Waals surface area (Å²) in [6.07, 6.45) is 6.70. The fraction of sp³-hybridized carbons (Fsp3) is 0.833. The van der Waals surface area contributed by atoms with E-state index in [2.05, 4.69) is 10.6 Å². The van der Waals surface area contributed by atoms with Gasteiger partial charge in [-0.1, -0.05) is 25.7 Å². The Labute approximate surface area is 104 Å². The molecule has 0 aliphatic heterocycles. The van der Waals surface area contributed by atoms with Crippen molar-refractivity contribution in [2.45, 2.75) is 45.4 Å². The molecule has 0 aromatic rings. The summed E-state index contributed by atoms with van der Waals surface area (Å²) in [6, 6.07) is 0. The predicted octanol–water partition coefficient (Wildman–Crippen LogP) is 0.538. The van der Waals surface area contributed by atoms with Crippen molar-refractivity contribution in [3.63, 3.8) is 0 Å². The lowest BCUT2D eigenvalue weighted by atomic mass is 10.1. The second-order valence-corrected chi connectivity index (χ2v) is 4.16. The Morgan fingerprint density at radius 2 is 1.35 bits per heavy atom. The summed E-state index contributed by atoms with van der Waals surface area (Å²) in [7, 11) is 0. The summed E-state index contributed by atoms with van der Waals surface area (Å²) in [5.41, 5.74) is 5.16. The maximum absolute atomic E-state index is 10.8. The van der Waals surface area contributed by atoms with Crippen molar-refractivity contribution in [2.24, 2.45) is 5.73 Å². The molecular formula is C12H25N3O2. The van der Waals surface area contributed by atoms with Crippen LogP contribution in [0.1, 0.15) is 45.4 Å². The zero-order valence-electron chi connectivity index (χ0n) is 10.8. The molecule has 17 heavy (non-hydrogen) atoms. The van der Waals surface area contributed by atoms with E-state index in [1.54, 1.807) is 0 Å². The molecule has 0 aliphatic rings. The van der Waals surface area contributed by atoms with Crippen LogP contribution in [0.5, 0.6) is 0 Å². The molecule has 4 N–H and O–H groups in total. The smallest absolute Gasteiger partial charge is 0.233 e. The summed E-state index contributed by atoms with van der Waals surface area (Å²) in [6.45, 7) is 3.11. The molecule has 100 valence electrons. The number of nitrogens with one attached hydrogen (secondary N) is 2. The van der Waals surface area contributed by atoms with Gasteiger partial charge in [0.2, 0.25) is 11.8 Å². The lowest BCUT2D eigenvalue weighted by molar-refractivity contribution is -0.120. The van der Waals surface area contributed by atoms with E-state index in [0.717, 1.165) is 38.8 Å². The number of hydrogen-bond acceptors (Lipinski definition) is 3. The SMILES string of the molecule is CC(=O)NCCCCCCCCNC(=O)CN. The van der Waals surface area contributed by atoms with Crippen LogP contribution in [0.2, 0.25) is 0 Å². The van der Waals surface area contributed by atoms with Gasteiger partial charge in [-0.2, -0.15) is 0 Å². The molecule has 0 heterocycles. The first kappa shape index (κ1) is 15.9. The molecule has 0 atom stereocenters. The van der Waals surface area contributed by atoms with Crippen LogP contribution >= 0.6 is 0 Å². The Kier molecular flexibility index (Phi) is 10.7. The van der Waals surface area contributed by atoms with Gasteiger partial charge in [-0.3, -0.25) is 9.59 Å². The summed E-state index contributed by atoms with van der Waals surface area (Å²) >= 11 is 0. The van der Waals surface area contributed by atoms with Gasteiger partial charge in [0.05, 0.1) is 6.54 Å². The Morgan fingerprint density at radius 3 is 1.82 bits per heavy atom. The maximum atomic E-state index is 10.8. The number of unbranched alkanes of at least 4 members (excludes halogenated alkanes) is 5. The average Bonchev–Trinajstić information content (AvgIpc) is 2.30. The number of amides is 2. The molecule has 0 spiro atoms. The Balaban J connectivity index is 3.03. The molecule has 5 nitrogen and oxygen atoms in total. The lowest BCUT2D eigenvalue weighted by Crippen LogP contribution is -2.30. The fourth-order valence-electron chi connectivity index (χ4n) is 1.52. The highest BCUT2D eigenvalue weighted by atomic mass is 16.2. The predicted molar refractivity (Wildman–Crippen MR) is 68.4 cm³/mol. The van der Waals surface area contributed by atoms with Crippen LogP contribution in [0.25, 0.3) is 0 Å². The largest absolute Gasteiger partial charge is 0.356 e. The van der Waals surface area contributed by atoms with Crippen LogP contribution < -0.4 is 16.4 Å². The van der Waals surface area contributed by atoms with Gasteiger partial charge in [-0.15, -0.1) is 0 Å². The molecular weight excluding hydrogens is 218 g/mol. The van der Waals surface area contributed by atoms with E-state index >= 15 is 0 Å². The summed E-state index contributed by atoms with van der Waals surface area (Å²) in [4.78, 5) is 21.4. The first-order valence-corrected chi connectivity index (χ1v) is 6.38. The first-order chi connectivity index (χ1) is 8.16. The van der Waals surface area contributed by atoms with Crippen LogP contribution in [-0.4, -0.2) is 31.4 Å². The van der Waals surface area contributed by atoms with E-state index in [-0.39, 0.29) is 18.4 Å². The van der Waals surface area contributed by atoms with Gasteiger partial charge in [0.1, 0.15) is 0 Å². The molecule has 0 rings (SSSR count). The molecule has 0 aliphatic carbocycles. The lowest BCUT2D eigenvalue weighted by Gasteiger charge is -2.04. The number of carbonyl (C=O) groups is 2. The zero-order valence-corrected chi connectivity index (χ0v) is 10.8. The summed E-state index contributed by atoms with van der Waals surface area (Å²) < 4.78 is 0. The summed E-state index contributed by atoms with van der Waals surface area (Å²) in [5.74, 6) is -0.0408. The fourth-order valence-corrected chi connectivity index (χ4v) is 1.52. The van der Waals surface area contributed by atoms with Gasteiger partial charge in [-0.25, -0.2) is 0 Å². The van der Waals surface area contributed by atoms with Gasteiger partial charge in [-0.05, 0) is 12.8 Å². The number of rotatable bonds is 10. The van der Waals surface area contributed by atoms with E-state index in [4.69, 9.17) is 5.73 Å². The monoisotopic (exact) mass is 243 g/mol. The van der Waals surface area contributed by atoms with Crippen molar-refractivity contribution in [1.29, 1.82) is 0 Å². The van der Waals surface area contributed by atoms with Gasteiger partial charge in [0.15, 0.2) is 0 Å². The number of carbonyl (C=O) groups excluding carboxylic acids is 2. The molecule has 2 amide bonds. The molecule has 0 radical (unpaired) electrons. The van der Waals surface area contributed by atoms with E-state index in [1.165, 1.54) is 19.8 Å². The highest BCUT2D eigenvalue weighted by Crippen LogP contribution is 2.04. The van der Waals surface area contributed by atoms with Gasteiger partial charge in [0.25, 0.3) is 0 Å². The van der Waals surface area contributed by atoms with Crippen molar-refractivity contribution >= 4 is 11.8 Å². The van der Waals surface area contributed by atoms with Crippen LogP contribution in [-0.2, 0) is 9.59 Å². The number of nitrogens with two attached hydrogens (primary N) is 1. The van der Waals surface area contributed by atoms with Gasteiger partial charge >= 0.3 is 0 Å². The van der Waals surface area contributed by atoms with Crippen molar-refractivity contribution in [2.75, 3.05) is 19.6 Å². The highest BCUT2D eigenvalue weighted by Gasteiger charge is 1.96. The third kappa shape index (κ3) is 12.8. The summed E-state index contributed by atoms with van der Waals surface area (Å²) in [5, 5.41) is 5.52. The molecule has 0 aromatic heterocycles. The maximum Gasteiger partial charge on any atom is 0.233 e. The third-order valence-electron chi connectivity index (χ3n) is 2.49. The van der Waals surface area contributed by atoms with Crippen molar-refractivity contribution < 1.29 is 9.59 Å². The molecule has 0 saturated heterocycles. The zero-order chi connectivity index (χ0) is 12.9. The van der Waals surface area contributed by atoms with Gasteiger partial charge < -0.3 is 16.4 Å².